The highest BCUT2D eigenvalue weighted by Crippen LogP contribution is 2.40. The number of oxazole rings is 1. The molecule has 2 unspecified atom stereocenters. The zero-order valence-electron chi connectivity index (χ0n) is 19.5. The first kappa shape index (κ1) is 24.4. The molecule has 0 saturated carbocycles. The van der Waals surface area contributed by atoms with Crippen molar-refractivity contribution < 1.29 is 28.7 Å². The third-order valence-electron chi connectivity index (χ3n) is 6.24. The molecule has 3 heterocycles. The van der Waals surface area contributed by atoms with Gasteiger partial charge in [0.05, 0.1) is 5.52 Å². The van der Waals surface area contributed by atoms with E-state index in [1.165, 1.54) is 21.2 Å². The Morgan fingerprint density at radius 2 is 1.81 bits per heavy atom. The molecule has 1 saturated heterocycles. The molecule has 0 aliphatic carbocycles. The molecule has 190 valence electrons. The van der Waals surface area contributed by atoms with Gasteiger partial charge in [0.2, 0.25) is 11.8 Å². The Morgan fingerprint density at radius 1 is 1.11 bits per heavy atom. The van der Waals surface area contributed by atoms with Gasteiger partial charge in [-0.3, -0.25) is 23.9 Å². The van der Waals surface area contributed by atoms with Crippen LogP contribution >= 0.6 is 11.8 Å². The van der Waals surface area contributed by atoms with Gasteiger partial charge in [-0.25, -0.2) is 9.59 Å². The van der Waals surface area contributed by atoms with E-state index >= 15 is 0 Å². The number of nitrogens with zero attached hydrogens (tertiary/aromatic N) is 2. The van der Waals surface area contributed by atoms with Crippen molar-refractivity contribution >= 4 is 46.6 Å². The molecule has 2 aliphatic rings. The number of benzene rings is 2. The molecule has 1 fully saturated rings. The van der Waals surface area contributed by atoms with Crippen LogP contribution in [0.3, 0.4) is 0 Å². The normalized spacial score (nSPS) is 19.7. The van der Waals surface area contributed by atoms with Crippen molar-refractivity contribution in [2.45, 2.75) is 30.9 Å². The second-order valence-electron chi connectivity index (χ2n) is 8.66. The fourth-order valence-corrected chi connectivity index (χ4v) is 5.76. The molecule has 2 aliphatic heterocycles. The Hall–Kier alpha value is -4.32. The highest BCUT2D eigenvalue weighted by Gasteiger charge is 2.54. The van der Waals surface area contributed by atoms with Gasteiger partial charge in [0.25, 0.3) is 5.91 Å². The van der Waals surface area contributed by atoms with Crippen molar-refractivity contribution in [2.24, 2.45) is 0 Å². The maximum atomic E-state index is 13.3. The third kappa shape index (κ3) is 4.40. The van der Waals surface area contributed by atoms with Crippen molar-refractivity contribution in [3.63, 3.8) is 0 Å². The largest absolute Gasteiger partial charge is 0.477 e. The smallest absolute Gasteiger partial charge is 0.420 e. The lowest BCUT2D eigenvalue weighted by Gasteiger charge is -2.49. The average molecular weight is 523 g/mol. The fraction of sp³-hybridized carbons (Fsp3) is 0.240. The molecule has 12 heteroatoms. The van der Waals surface area contributed by atoms with Gasteiger partial charge in [-0.05, 0) is 30.2 Å². The fourth-order valence-electron chi connectivity index (χ4n) is 4.47. The lowest BCUT2D eigenvalue weighted by Crippen LogP contribution is -2.71. The van der Waals surface area contributed by atoms with Crippen LogP contribution in [0.4, 0.5) is 0 Å². The lowest BCUT2D eigenvalue weighted by molar-refractivity contribution is -0.151. The molecule has 11 nitrogen and oxygen atoms in total. The Balaban J connectivity index is 1.34. The van der Waals surface area contributed by atoms with Crippen LogP contribution in [0.25, 0.3) is 11.1 Å². The predicted molar refractivity (Wildman–Crippen MR) is 133 cm³/mol. The van der Waals surface area contributed by atoms with E-state index in [-0.39, 0.29) is 12.2 Å². The number of aliphatic carboxylic acids is 1. The van der Waals surface area contributed by atoms with Crippen LogP contribution in [-0.4, -0.2) is 55.4 Å². The van der Waals surface area contributed by atoms with Crippen LogP contribution in [0.2, 0.25) is 0 Å². The van der Waals surface area contributed by atoms with Gasteiger partial charge in [0.15, 0.2) is 5.58 Å². The summed E-state index contributed by atoms with van der Waals surface area (Å²) in [5, 5.41) is 14.3. The van der Waals surface area contributed by atoms with Gasteiger partial charge in [-0.15, -0.1) is 11.8 Å². The van der Waals surface area contributed by atoms with E-state index in [0.29, 0.717) is 28.0 Å². The van der Waals surface area contributed by atoms with Gasteiger partial charge in [0, 0.05) is 5.75 Å². The molecule has 0 radical (unpaired) electrons. The number of fused-ring (bicyclic) bond motifs is 2. The SMILES string of the molecule is CC1=C(C(=O)O)N2C(=O)C(NC(=O)C(NC(=O)Cn3c(=O)oc4ccccc43)c3ccccc3)[C@H]2SC1. The van der Waals surface area contributed by atoms with Crippen LogP contribution in [0.5, 0.6) is 0 Å². The minimum atomic E-state index is -1.20. The molecule has 0 bridgehead atoms. The second-order valence-corrected chi connectivity index (χ2v) is 9.77. The van der Waals surface area contributed by atoms with Crippen LogP contribution in [0, 0.1) is 0 Å². The van der Waals surface area contributed by atoms with Crippen molar-refractivity contribution in [1.82, 2.24) is 20.1 Å². The van der Waals surface area contributed by atoms with E-state index in [9.17, 15) is 29.1 Å². The molecule has 37 heavy (non-hydrogen) atoms. The summed E-state index contributed by atoms with van der Waals surface area (Å²) in [7, 11) is 0. The first-order valence-electron chi connectivity index (χ1n) is 11.4. The molecule has 5 rings (SSSR count). The van der Waals surface area contributed by atoms with Crippen molar-refractivity contribution in [1.29, 1.82) is 0 Å². The molecule has 2 aromatic carbocycles. The van der Waals surface area contributed by atoms with Crippen molar-refractivity contribution in [3.05, 3.63) is 82.0 Å². The van der Waals surface area contributed by atoms with Crippen molar-refractivity contribution in [3.8, 4) is 0 Å². The number of thioether (sulfide) groups is 1. The highest BCUT2D eigenvalue weighted by atomic mass is 32.2. The number of carboxylic acids is 1. The van der Waals surface area contributed by atoms with Crippen LogP contribution < -0.4 is 16.4 Å². The van der Waals surface area contributed by atoms with E-state index in [1.54, 1.807) is 61.5 Å². The Kier molecular flexibility index (Phi) is 6.34. The number of para-hydroxylation sites is 2. The first-order chi connectivity index (χ1) is 17.8. The van der Waals surface area contributed by atoms with E-state index < -0.39 is 46.9 Å². The number of β-lactam (4-membered cyclic amide) rings is 1. The summed E-state index contributed by atoms with van der Waals surface area (Å²) in [5.41, 5.74) is 1.75. The van der Waals surface area contributed by atoms with E-state index in [4.69, 9.17) is 4.42 Å². The van der Waals surface area contributed by atoms with E-state index in [1.807, 2.05) is 0 Å². The van der Waals surface area contributed by atoms with Gasteiger partial charge in [0.1, 0.15) is 29.7 Å². The van der Waals surface area contributed by atoms with Gasteiger partial charge >= 0.3 is 11.7 Å². The third-order valence-corrected chi connectivity index (χ3v) is 7.66. The summed E-state index contributed by atoms with van der Waals surface area (Å²) in [6, 6.07) is 13.0. The number of carboxylic acid groups (broad SMARTS) is 1. The molecule has 1 aromatic heterocycles. The van der Waals surface area contributed by atoms with Crippen LogP contribution in [0.15, 0.2) is 75.1 Å². The number of carbonyl (C=O) groups excluding carboxylic acids is 3. The van der Waals surface area contributed by atoms with E-state index in [0.717, 1.165) is 0 Å². The Morgan fingerprint density at radius 3 is 2.54 bits per heavy atom. The molecule has 3 aromatic rings. The molecular formula is C25H22N4O7S. The van der Waals surface area contributed by atoms with Crippen LogP contribution in [-0.2, 0) is 25.7 Å². The van der Waals surface area contributed by atoms with Gasteiger partial charge < -0.3 is 20.2 Å². The summed E-state index contributed by atoms with van der Waals surface area (Å²) >= 11 is 1.36. The number of amides is 3. The maximum Gasteiger partial charge on any atom is 0.420 e. The number of aromatic nitrogens is 1. The molecule has 3 N–H and O–H groups in total. The Labute approximate surface area is 214 Å². The number of hydrogen-bond donors (Lipinski definition) is 3. The van der Waals surface area contributed by atoms with Gasteiger partial charge in [-0.2, -0.15) is 0 Å². The zero-order chi connectivity index (χ0) is 26.3. The summed E-state index contributed by atoms with van der Waals surface area (Å²) < 4.78 is 6.33. The minimum Gasteiger partial charge on any atom is -0.477 e. The lowest BCUT2D eigenvalue weighted by atomic mass is 10.0. The van der Waals surface area contributed by atoms with Crippen LogP contribution in [0.1, 0.15) is 18.5 Å². The predicted octanol–water partition coefficient (Wildman–Crippen LogP) is 1.21. The molecule has 0 spiro atoms. The summed E-state index contributed by atoms with van der Waals surface area (Å²) in [5.74, 6) is -3.27. The van der Waals surface area contributed by atoms with E-state index in [2.05, 4.69) is 10.6 Å². The molecular weight excluding hydrogens is 500 g/mol. The summed E-state index contributed by atoms with van der Waals surface area (Å²) in [6.45, 7) is 1.27. The minimum absolute atomic E-state index is 0.0649. The topological polar surface area (TPSA) is 151 Å². The monoisotopic (exact) mass is 522 g/mol. The van der Waals surface area contributed by atoms with Crippen molar-refractivity contribution in [2.75, 3.05) is 5.75 Å². The summed E-state index contributed by atoms with van der Waals surface area (Å²) in [6.07, 6.45) is 0. The zero-order valence-corrected chi connectivity index (χ0v) is 20.4. The molecule has 3 atom stereocenters. The number of rotatable bonds is 7. The highest BCUT2D eigenvalue weighted by molar-refractivity contribution is 8.00. The number of carbonyl (C=O) groups is 4. The maximum absolute atomic E-state index is 13.3. The molecule has 3 amide bonds. The van der Waals surface area contributed by atoms with Gasteiger partial charge in [-0.1, -0.05) is 42.5 Å². The average Bonchev–Trinajstić information content (AvgIpc) is 3.20. The standard InChI is InChI=1S/C25H22N4O7S/c1-13-12-37-23-19(22(32)29(23)20(13)24(33)34)27-21(31)18(14-7-3-2-4-8-14)26-17(30)11-28-15-9-5-6-10-16(15)36-25(28)35/h2-10,18-19,23H,11-12H2,1H3,(H,26,30)(H,27,31)(H,33,34)/t18?,19?,23-/m1/s1. The first-order valence-corrected chi connectivity index (χ1v) is 12.4. The quantitative estimate of drug-likeness (QED) is 0.392. The summed E-state index contributed by atoms with van der Waals surface area (Å²) in [4.78, 5) is 64.2. The second kappa shape index (κ2) is 9.62. The Bertz CT molecular complexity index is 1510. The number of hydrogen-bond acceptors (Lipinski definition) is 7. The number of nitrogens with one attached hydrogen (secondary N) is 2.